The smallest absolute Gasteiger partial charge is 0.243 e. The lowest BCUT2D eigenvalue weighted by Gasteiger charge is -2.37. The van der Waals surface area contributed by atoms with Crippen LogP contribution >= 0.6 is 0 Å². The number of methoxy groups -OCH3 is 2. The highest BCUT2D eigenvalue weighted by molar-refractivity contribution is 7.89. The molecule has 8 nitrogen and oxygen atoms in total. The molecule has 8 rings (SSSR count). The molecule has 0 saturated heterocycles. The van der Waals surface area contributed by atoms with Gasteiger partial charge in [-0.2, -0.15) is 4.31 Å². The van der Waals surface area contributed by atoms with Gasteiger partial charge in [-0.1, -0.05) is 152 Å². The third kappa shape index (κ3) is 7.98. The summed E-state index contributed by atoms with van der Waals surface area (Å²) in [6.45, 7) is 0.236. The molecule has 1 aromatic heterocycles. The van der Waals surface area contributed by atoms with Gasteiger partial charge in [0, 0.05) is 24.8 Å². The molecule has 300 valence electrons. The first-order valence-electron chi connectivity index (χ1n) is 19.7. The van der Waals surface area contributed by atoms with E-state index >= 15 is 0 Å². The number of hydrogen-bond acceptors (Lipinski definition) is 6. The van der Waals surface area contributed by atoms with Gasteiger partial charge in [-0.25, -0.2) is 13.4 Å². The predicted molar refractivity (Wildman–Crippen MR) is 235 cm³/mol. The Kier molecular flexibility index (Phi) is 11.7. The quantitative estimate of drug-likeness (QED) is 0.104. The SMILES string of the molecule is COc1ccc(CN(Cc2ccc(OC)cc2)S(=O)(=O)c2cccc(C(O)c3ccccc3-c3cn(C(c4ccccc4)(c4ccccc4)c4ccccc4)cn3)c2)cc1. The van der Waals surface area contributed by atoms with E-state index in [2.05, 4.69) is 41.0 Å². The monoisotopic (exact) mass is 811 g/mol. The Morgan fingerprint density at radius 1 is 0.617 bits per heavy atom. The van der Waals surface area contributed by atoms with E-state index in [1.165, 1.54) is 4.31 Å². The van der Waals surface area contributed by atoms with Crippen LogP contribution in [0.1, 0.15) is 45.0 Å². The summed E-state index contributed by atoms with van der Waals surface area (Å²) in [4.78, 5) is 5.05. The van der Waals surface area contributed by atoms with E-state index in [-0.39, 0.29) is 18.0 Å². The van der Waals surface area contributed by atoms with Gasteiger partial charge in [0.1, 0.15) is 23.1 Å². The van der Waals surface area contributed by atoms with Crippen molar-refractivity contribution in [2.75, 3.05) is 14.2 Å². The molecule has 0 radical (unpaired) electrons. The Labute approximate surface area is 351 Å². The number of rotatable bonds is 15. The summed E-state index contributed by atoms with van der Waals surface area (Å²) in [6.07, 6.45) is 2.70. The standard InChI is InChI=1S/C51H45N3O5S/c1-58-44-29-25-38(26-30-44)34-54(35-39-27-31-45(59-2)32-28-39)60(56,57)46-22-14-15-40(33-46)50(55)48-24-13-12-23-47(48)49-36-53(37-52-49)51(41-16-6-3-7-17-41,42-18-8-4-9-19-42)43-20-10-5-11-21-43/h3-33,36-37,50,55H,34-35H2,1-2H3. The number of nitrogens with zero attached hydrogens (tertiary/aromatic N) is 3. The molecule has 1 unspecified atom stereocenters. The zero-order chi connectivity index (χ0) is 41.5. The minimum absolute atomic E-state index is 0.0706. The maximum atomic E-state index is 14.6. The summed E-state index contributed by atoms with van der Waals surface area (Å²) >= 11 is 0. The summed E-state index contributed by atoms with van der Waals surface area (Å²) in [6, 6.07) is 60.0. The molecule has 1 atom stereocenters. The zero-order valence-electron chi connectivity index (χ0n) is 33.4. The van der Waals surface area contributed by atoms with Gasteiger partial charge in [0.15, 0.2) is 0 Å². The van der Waals surface area contributed by atoms with Gasteiger partial charge in [-0.3, -0.25) is 0 Å². The lowest BCUT2D eigenvalue weighted by atomic mass is 9.76. The highest BCUT2D eigenvalue weighted by Crippen LogP contribution is 2.42. The van der Waals surface area contributed by atoms with Crippen molar-refractivity contribution in [3.8, 4) is 22.8 Å². The van der Waals surface area contributed by atoms with Crippen molar-refractivity contribution >= 4 is 10.0 Å². The van der Waals surface area contributed by atoms with Crippen LogP contribution in [-0.4, -0.2) is 41.6 Å². The normalized spacial score (nSPS) is 12.3. The van der Waals surface area contributed by atoms with E-state index in [0.717, 1.165) is 33.4 Å². The van der Waals surface area contributed by atoms with Gasteiger partial charge < -0.3 is 19.1 Å². The fraction of sp³-hybridized carbons (Fsp3) is 0.118. The van der Waals surface area contributed by atoms with Gasteiger partial charge in [0.05, 0.1) is 31.1 Å². The molecule has 0 fully saturated rings. The number of hydrogen-bond donors (Lipinski definition) is 1. The summed E-state index contributed by atoms with van der Waals surface area (Å²) in [5, 5.41) is 12.2. The summed E-state index contributed by atoms with van der Waals surface area (Å²) < 4.78 is 43.5. The Hall–Kier alpha value is -6.78. The highest BCUT2D eigenvalue weighted by Gasteiger charge is 2.38. The molecule has 0 saturated carbocycles. The maximum Gasteiger partial charge on any atom is 0.243 e. The molecule has 7 aromatic carbocycles. The fourth-order valence-corrected chi connectivity index (χ4v) is 9.34. The number of aliphatic hydroxyl groups is 1. The van der Waals surface area contributed by atoms with Crippen molar-refractivity contribution in [2.24, 2.45) is 0 Å². The first-order valence-corrected chi connectivity index (χ1v) is 21.1. The third-order valence-electron chi connectivity index (χ3n) is 10.9. The maximum absolute atomic E-state index is 14.6. The van der Waals surface area contributed by atoms with Crippen molar-refractivity contribution in [3.05, 3.63) is 240 Å². The van der Waals surface area contributed by atoms with E-state index in [4.69, 9.17) is 14.5 Å². The average molecular weight is 812 g/mol. The van der Waals surface area contributed by atoms with Crippen LogP contribution < -0.4 is 9.47 Å². The van der Waals surface area contributed by atoms with E-state index in [1.54, 1.807) is 38.5 Å². The number of sulfonamides is 1. The van der Waals surface area contributed by atoms with Gasteiger partial charge in [-0.05, 0) is 75.3 Å². The van der Waals surface area contributed by atoms with Crippen LogP contribution in [0.2, 0.25) is 0 Å². The number of aromatic nitrogens is 2. The molecule has 0 aliphatic heterocycles. The van der Waals surface area contributed by atoms with E-state index < -0.39 is 21.7 Å². The number of ether oxygens (including phenoxy) is 2. The largest absolute Gasteiger partial charge is 0.497 e. The van der Waals surface area contributed by atoms with Gasteiger partial charge in [0.2, 0.25) is 10.0 Å². The van der Waals surface area contributed by atoms with Crippen LogP contribution in [0, 0.1) is 0 Å². The molecule has 0 aliphatic rings. The highest BCUT2D eigenvalue weighted by atomic mass is 32.2. The van der Waals surface area contributed by atoms with Crippen molar-refractivity contribution in [2.45, 2.75) is 29.6 Å². The van der Waals surface area contributed by atoms with Crippen LogP contribution in [0.25, 0.3) is 11.3 Å². The lowest BCUT2D eigenvalue weighted by molar-refractivity contribution is 0.220. The predicted octanol–water partition coefficient (Wildman–Crippen LogP) is 9.88. The molecular weight excluding hydrogens is 767 g/mol. The molecule has 1 heterocycles. The van der Waals surface area contributed by atoms with Crippen LogP contribution in [0.15, 0.2) is 205 Å². The molecule has 0 amide bonds. The third-order valence-corrected chi connectivity index (χ3v) is 12.7. The summed E-state index contributed by atoms with van der Waals surface area (Å²) in [5.74, 6) is 1.36. The molecule has 60 heavy (non-hydrogen) atoms. The van der Waals surface area contributed by atoms with E-state index in [1.807, 2.05) is 140 Å². The first-order chi connectivity index (χ1) is 29.3. The molecule has 0 spiro atoms. The van der Waals surface area contributed by atoms with Crippen molar-refractivity contribution in [1.29, 1.82) is 0 Å². The Morgan fingerprint density at radius 2 is 1.10 bits per heavy atom. The zero-order valence-corrected chi connectivity index (χ0v) is 34.2. The summed E-state index contributed by atoms with van der Waals surface area (Å²) in [7, 11) is -0.890. The lowest BCUT2D eigenvalue weighted by Crippen LogP contribution is -2.36. The Morgan fingerprint density at radius 3 is 1.60 bits per heavy atom. The molecule has 0 aliphatic carbocycles. The Balaban J connectivity index is 1.16. The fourth-order valence-electron chi connectivity index (χ4n) is 7.87. The Bertz CT molecular complexity index is 2610. The minimum Gasteiger partial charge on any atom is -0.497 e. The molecular formula is C51H45N3O5S. The van der Waals surface area contributed by atoms with Crippen LogP contribution in [0.5, 0.6) is 11.5 Å². The van der Waals surface area contributed by atoms with E-state index in [9.17, 15) is 13.5 Å². The van der Waals surface area contributed by atoms with Crippen LogP contribution in [0.3, 0.4) is 0 Å². The van der Waals surface area contributed by atoms with Crippen LogP contribution in [-0.2, 0) is 28.7 Å². The number of aliphatic hydroxyl groups excluding tert-OH is 1. The molecule has 8 aromatic rings. The minimum atomic E-state index is -4.08. The summed E-state index contributed by atoms with van der Waals surface area (Å²) in [5.41, 5.74) is 6.42. The number of benzene rings is 7. The second kappa shape index (κ2) is 17.6. The topological polar surface area (TPSA) is 93.9 Å². The van der Waals surface area contributed by atoms with Crippen LogP contribution in [0.4, 0.5) is 0 Å². The van der Waals surface area contributed by atoms with E-state index in [0.29, 0.717) is 28.3 Å². The molecule has 0 bridgehead atoms. The molecule has 9 heteroatoms. The molecule has 1 N–H and O–H groups in total. The second-order valence-electron chi connectivity index (χ2n) is 14.5. The van der Waals surface area contributed by atoms with Gasteiger partial charge >= 0.3 is 0 Å². The van der Waals surface area contributed by atoms with Crippen molar-refractivity contribution < 1.29 is 23.0 Å². The van der Waals surface area contributed by atoms with Crippen molar-refractivity contribution in [3.63, 3.8) is 0 Å². The first kappa shape index (κ1) is 40.0. The second-order valence-corrected chi connectivity index (χ2v) is 16.4. The van der Waals surface area contributed by atoms with Gasteiger partial charge in [-0.15, -0.1) is 0 Å². The average Bonchev–Trinajstić information content (AvgIpc) is 3.81. The van der Waals surface area contributed by atoms with Gasteiger partial charge in [0.25, 0.3) is 0 Å². The number of imidazole rings is 1. The van der Waals surface area contributed by atoms with Crippen molar-refractivity contribution in [1.82, 2.24) is 13.9 Å².